The van der Waals surface area contributed by atoms with Crippen molar-refractivity contribution in [3.05, 3.63) is 30.1 Å². The van der Waals surface area contributed by atoms with Gasteiger partial charge in [0.2, 0.25) is 0 Å². The summed E-state index contributed by atoms with van der Waals surface area (Å²) in [6, 6.07) is 7.42. The van der Waals surface area contributed by atoms with Gasteiger partial charge in [-0.15, -0.1) is 0 Å². The van der Waals surface area contributed by atoms with Crippen LogP contribution in [0.1, 0.15) is 11.1 Å². The second kappa shape index (κ2) is 4.36. The van der Waals surface area contributed by atoms with E-state index in [0.717, 1.165) is 11.0 Å². The fourth-order valence-electron chi connectivity index (χ4n) is 2.20. The zero-order chi connectivity index (χ0) is 13.6. The molecule has 1 saturated heterocycles. The fraction of sp³-hybridized carbons (Fsp3) is 0.250. The summed E-state index contributed by atoms with van der Waals surface area (Å²) in [4.78, 5) is 27.4. The molecule has 2 heterocycles. The lowest BCUT2D eigenvalue weighted by atomic mass is 10.3. The van der Waals surface area contributed by atoms with Crippen molar-refractivity contribution >= 4 is 34.0 Å². The molecule has 0 radical (unpaired) electrons. The maximum Gasteiger partial charge on any atom is 0.287 e. The van der Waals surface area contributed by atoms with Gasteiger partial charge < -0.3 is 9.12 Å². The number of fused-ring (bicyclic) bond motifs is 1. The summed E-state index contributed by atoms with van der Waals surface area (Å²) in [6.45, 7) is 0. The van der Waals surface area contributed by atoms with Crippen molar-refractivity contribution in [3.63, 3.8) is 0 Å². The van der Waals surface area contributed by atoms with Crippen LogP contribution in [0.2, 0.25) is 0 Å². The Kier molecular flexibility index (Phi) is 2.79. The molecule has 0 spiro atoms. The molecule has 19 heavy (non-hydrogen) atoms. The quantitative estimate of drug-likeness (QED) is 0.588. The molecule has 1 N–H and O–H groups in total. The Hall–Kier alpha value is -1.86. The Labute approximate surface area is 112 Å². The lowest BCUT2D eigenvalue weighted by Gasteiger charge is -2.23. The minimum Gasteiger partial charge on any atom is -0.615 e. The summed E-state index contributed by atoms with van der Waals surface area (Å²) in [5.74, 6) is -0.796. The van der Waals surface area contributed by atoms with E-state index in [1.165, 1.54) is 0 Å². The van der Waals surface area contributed by atoms with E-state index in [4.69, 9.17) is 0 Å². The van der Waals surface area contributed by atoms with Gasteiger partial charge in [0.15, 0.2) is 11.6 Å². The minimum atomic E-state index is -1.57. The molecule has 0 aliphatic carbocycles. The molecule has 2 amide bonds. The van der Waals surface area contributed by atoms with Gasteiger partial charge in [0.25, 0.3) is 17.1 Å². The fourth-order valence-corrected chi connectivity index (χ4v) is 3.45. The van der Waals surface area contributed by atoms with Gasteiger partial charge in [0.05, 0.1) is 11.0 Å². The van der Waals surface area contributed by atoms with Crippen LogP contribution in [0, 0.1) is 0 Å². The highest BCUT2D eigenvalue weighted by Crippen LogP contribution is 2.27. The number of nitrogens with zero attached hydrogens (tertiary/aromatic N) is 2. The van der Waals surface area contributed by atoms with Gasteiger partial charge >= 0.3 is 0 Å². The lowest BCUT2D eigenvalue weighted by molar-refractivity contribution is -0.129. The molecular formula is C12H11N3O3S. The first-order valence-corrected chi connectivity index (χ1v) is 7.08. The van der Waals surface area contributed by atoms with Crippen LogP contribution in [0.15, 0.2) is 24.3 Å². The molecule has 1 aliphatic heterocycles. The van der Waals surface area contributed by atoms with Gasteiger partial charge in [0, 0.05) is 7.05 Å². The number of hydrogen-bond acceptors (Lipinski definition) is 4. The van der Waals surface area contributed by atoms with Gasteiger partial charge in [-0.2, -0.15) is 0 Å². The van der Waals surface area contributed by atoms with E-state index in [9.17, 15) is 14.1 Å². The molecule has 1 aromatic heterocycles. The molecule has 1 aromatic carbocycles. The van der Waals surface area contributed by atoms with Gasteiger partial charge in [-0.3, -0.25) is 14.9 Å². The zero-order valence-corrected chi connectivity index (χ0v) is 10.9. The van der Waals surface area contributed by atoms with Crippen molar-refractivity contribution < 1.29 is 14.1 Å². The van der Waals surface area contributed by atoms with E-state index in [-0.39, 0.29) is 5.75 Å². The molecule has 0 bridgehead atoms. The number of amides is 2. The van der Waals surface area contributed by atoms with Crippen LogP contribution in [0.3, 0.4) is 0 Å². The summed E-state index contributed by atoms with van der Waals surface area (Å²) >= 11 is -1.57. The van der Waals surface area contributed by atoms with Crippen LogP contribution in [-0.2, 0) is 27.8 Å². The number of aromatic nitrogens is 2. The normalized spacial score (nSPS) is 23.7. The Morgan fingerprint density at radius 1 is 1.42 bits per heavy atom. The highest BCUT2D eigenvalue weighted by molar-refractivity contribution is 7.93. The van der Waals surface area contributed by atoms with Crippen molar-refractivity contribution in [2.24, 2.45) is 7.05 Å². The average Bonchev–Trinajstić information content (AvgIpc) is 2.66. The van der Waals surface area contributed by atoms with Crippen molar-refractivity contribution in [2.75, 3.05) is 5.75 Å². The molecule has 6 nitrogen and oxygen atoms in total. The van der Waals surface area contributed by atoms with Crippen LogP contribution >= 0.6 is 0 Å². The zero-order valence-electron chi connectivity index (χ0n) is 10.1. The number of carbonyl (C=O) groups is 2. The topological polar surface area (TPSA) is 87.0 Å². The summed E-state index contributed by atoms with van der Waals surface area (Å²) in [5.41, 5.74) is 1.60. The number of imide groups is 1. The van der Waals surface area contributed by atoms with E-state index in [1.54, 1.807) is 11.6 Å². The van der Waals surface area contributed by atoms with Gasteiger partial charge in [-0.1, -0.05) is 12.1 Å². The smallest absolute Gasteiger partial charge is 0.287 e. The van der Waals surface area contributed by atoms with Crippen molar-refractivity contribution in [1.82, 2.24) is 14.9 Å². The van der Waals surface area contributed by atoms with E-state index in [1.807, 2.05) is 24.3 Å². The van der Waals surface area contributed by atoms with Crippen molar-refractivity contribution in [2.45, 2.75) is 5.25 Å². The third-order valence-electron chi connectivity index (χ3n) is 3.09. The molecular weight excluding hydrogens is 266 g/mol. The van der Waals surface area contributed by atoms with Crippen LogP contribution in [0.5, 0.6) is 0 Å². The summed E-state index contributed by atoms with van der Waals surface area (Å²) in [7, 11) is 1.77. The average molecular weight is 277 g/mol. The Balaban J connectivity index is 2.11. The number of carbonyl (C=O) groups excluding carboxylic acids is 2. The van der Waals surface area contributed by atoms with E-state index in [0.29, 0.717) is 5.82 Å². The summed E-state index contributed by atoms with van der Waals surface area (Å²) < 4.78 is 13.8. The SMILES string of the molecule is Cn1c(C2C(=O)NC(=O)C[S+]2[O-])nc2ccccc21. The van der Waals surface area contributed by atoms with Crippen molar-refractivity contribution in [3.8, 4) is 0 Å². The number of imidazole rings is 1. The molecule has 3 rings (SSSR count). The second-order valence-corrected chi connectivity index (χ2v) is 5.86. The Bertz CT molecular complexity index is 682. The first-order chi connectivity index (χ1) is 9.08. The molecule has 98 valence electrons. The highest BCUT2D eigenvalue weighted by Gasteiger charge is 2.42. The number of nitrogens with one attached hydrogen (secondary N) is 1. The molecule has 2 unspecified atom stereocenters. The number of para-hydroxylation sites is 2. The van der Waals surface area contributed by atoms with Crippen LogP contribution in [0.25, 0.3) is 11.0 Å². The summed E-state index contributed by atoms with van der Waals surface area (Å²) in [5, 5.41) is 1.31. The summed E-state index contributed by atoms with van der Waals surface area (Å²) in [6.07, 6.45) is 0. The molecule has 1 fully saturated rings. The first kappa shape index (κ1) is 12.2. The van der Waals surface area contributed by atoms with Gasteiger partial charge in [-0.25, -0.2) is 4.98 Å². The Morgan fingerprint density at radius 3 is 2.84 bits per heavy atom. The maximum absolute atomic E-state index is 12.0. The molecule has 0 saturated carbocycles. The number of hydrogen-bond donors (Lipinski definition) is 1. The number of benzene rings is 1. The molecule has 2 aromatic rings. The maximum atomic E-state index is 12.0. The third-order valence-corrected chi connectivity index (χ3v) is 4.59. The van der Waals surface area contributed by atoms with E-state index >= 15 is 0 Å². The second-order valence-electron chi connectivity index (χ2n) is 4.34. The lowest BCUT2D eigenvalue weighted by Crippen LogP contribution is -2.48. The Morgan fingerprint density at radius 2 is 2.16 bits per heavy atom. The third kappa shape index (κ3) is 1.91. The minimum absolute atomic E-state index is 0.167. The number of rotatable bonds is 1. The predicted molar refractivity (Wildman–Crippen MR) is 69.6 cm³/mol. The monoisotopic (exact) mass is 277 g/mol. The molecule has 1 aliphatic rings. The first-order valence-electron chi connectivity index (χ1n) is 5.70. The van der Waals surface area contributed by atoms with Gasteiger partial charge in [0.1, 0.15) is 0 Å². The van der Waals surface area contributed by atoms with Crippen molar-refractivity contribution in [1.29, 1.82) is 0 Å². The van der Waals surface area contributed by atoms with E-state index in [2.05, 4.69) is 10.3 Å². The van der Waals surface area contributed by atoms with E-state index < -0.39 is 28.2 Å². The van der Waals surface area contributed by atoms with Crippen LogP contribution < -0.4 is 5.32 Å². The largest absolute Gasteiger partial charge is 0.615 e. The predicted octanol–water partition coefficient (Wildman–Crippen LogP) is 0.0195. The molecule has 7 heteroatoms. The number of aryl methyl sites for hydroxylation is 1. The standard InChI is InChI=1S/C12H11N3O3S/c1-15-8-5-3-2-4-7(8)13-11(15)10-12(17)14-9(16)6-19(10)18/h2-5,10H,6H2,1H3,(H,14,16,17). The molecule has 2 atom stereocenters. The van der Waals surface area contributed by atoms with Crippen LogP contribution in [-0.4, -0.2) is 31.7 Å². The highest BCUT2D eigenvalue weighted by atomic mass is 32.2. The van der Waals surface area contributed by atoms with Crippen LogP contribution in [0.4, 0.5) is 0 Å². The van der Waals surface area contributed by atoms with Gasteiger partial charge in [-0.05, 0) is 23.3 Å².